The topological polar surface area (TPSA) is 40.6 Å². The first-order valence-corrected chi connectivity index (χ1v) is 7.88. The zero-order chi connectivity index (χ0) is 16.7. The molecule has 4 heteroatoms. The van der Waals surface area contributed by atoms with Gasteiger partial charge in [0.05, 0.1) is 11.4 Å². The Hall–Kier alpha value is -3.14. The quantitative estimate of drug-likeness (QED) is 0.665. The van der Waals surface area contributed by atoms with E-state index in [0.29, 0.717) is 5.69 Å². The number of benzene rings is 3. The summed E-state index contributed by atoms with van der Waals surface area (Å²) in [7, 11) is 0. The lowest BCUT2D eigenvalue weighted by Gasteiger charge is -2.21. The fourth-order valence-electron chi connectivity index (χ4n) is 3.21. The molecule has 0 bridgehead atoms. The molecular weight excluding hydrogens is 300 g/mol. The van der Waals surface area contributed by atoms with Crippen LogP contribution in [0.2, 0.25) is 0 Å². The lowest BCUT2D eigenvalue weighted by Crippen LogP contribution is -2.34. The molecule has 0 aliphatic carbocycles. The number of carbonyl (C=O) groups is 2. The van der Waals surface area contributed by atoms with Crippen LogP contribution < -0.4 is 9.80 Å². The standard InChI is InChI=1S/C20H16N2O2/c1-14-19(23)22(16-10-3-2-4-11-16)20(24)21(14)18-13-7-9-15-8-5-6-12-17(15)18/h2-14H,1H3. The van der Waals surface area contributed by atoms with E-state index in [1.54, 1.807) is 24.0 Å². The van der Waals surface area contributed by atoms with Crippen LogP contribution in [0.1, 0.15) is 6.92 Å². The van der Waals surface area contributed by atoms with E-state index in [1.807, 2.05) is 60.7 Å². The number of para-hydroxylation sites is 1. The molecule has 1 heterocycles. The van der Waals surface area contributed by atoms with E-state index >= 15 is 0 Å². The van der Waals surface area contributed by atoms with Gasteiger partial charge in [-0.15, -0.1) is 0 Å². The average Bonchev–Trinajstić information content (AvgIpc) is 2.84. The summed E-state index contributed by atoms with van der Waals surface area (Å²) in [6, 6.07) is 21.9. The highest BCUT2D eigenvalue weighted by molar-refractivity contribution is 6.29. The van der Waals surface area contributed by atoms with Crippen LogP contribution in [0.15, 0.2) is 72.8 Å². The Morgan fingerprint density at radius 2 is 1.46 bits per heavy atom. The van der Waals surface area contributed by atoms with Crippen molar-refractivity contribution >= 4 is 34.1 Å². The van der Waals surface area contributed by atoms with E-state index in [2.05, 4.69) is 0 Å². The molecule has 3 amide bonds. The van der Waals surface area contributed by atoms with Gasteiger partial charge in [-0.1, -0.05) is 54.6 Å². The molecule has 0 N–H and O–H groups in total. The SMILES string of the molecule is CC1C(=O)N(c2ccccc2)C(=O)N1c1cccc2ccccc12. The van der Waals surface area contributed by atoms with Crippen LogP contribution in [0, 0.1) is 0 Å². The van der Waals surface area contributed by atoms with E-state index in [1.165, 1.54) is 4.90 Å². The molecule has 3 aromatic carbocycles. The van der Waals surface area contributed by atoms with Gasteiger partial charge in [0.1, 0.15) is 6.04 Å². The summed E-state index contributed by atoms with van der Waals surface area (Å²) in [6.07, 6.45) is 0. The Balaban J connectivity index is 1.84. The zero-order valence-electron chi connectivity index (χ0n) is 13.2. The van der Waals surface area contributed by atoms with E-state index in [-0.39, 0.29) is 11.9 Å². The van der Waals surface area contributed by atoms with Gasteiger partial charge < -0.3 is 0 Å². The molecule has 0 aromatic heterocycles. The first-order valence-electron chi connectivity index (χ1n) is 7.88. The number of hydrogen-bond donors (Lipinski definition) is 0. The zero-order valence-corrected chi connectivity index (χ0v) is 13.2. The molecule has 4 rings (SSSR count). The number of amides is 3. The predicted molar refractivity (Wildman–Crippen MR) is 95.2 cm³/mol. The molecule has 1 fully saturated rings. The lowest BCUT2D eigenvalue weighted by molar-refractivity contribution is -0.117. The highest BCUT2D eigenvalue weighted by Gasteiger charge is 2.44. The van der Waals surface area contributed by atoms with Crippen LogP contribution in [0.25, 0.3) is 10.8 Å². The maximum atomic E-state index is 13.0. The van der Waals surface area contributed by atoms with Gasteiger partial charge in [0.2, 0.25) is 0 Å². The molecule has 118 valence electrons. The number of urea groups is 1. The third-order valence-electron chi connectivity index (χ3n) is 4.40. The summed E-state index contributed by atoms with van der Waals surface area (Å²) in [5, 5.41) is 2.00. The molecule has 0 radical (unpaired) electrons. The first-order chi connectivity index (χ1) is 11.7. The highest BCUT2D eigenvalue weighted by atomic mass is 16.2. The Labute approximate surface area is 139 Å². The number of fused-ring (bicyclic) bond motifs is 1. The van der Waals surface area contributed by atoms with E-state index in [9.17, 15) is 9.59 Å². The summed E-state index contributed by atoms with van der Waals surface area (Å²) in [5.74, 6) is -0.209. The Morgan fingerprint density at radius 3 is 2.25 bits per heavy atom. The molecule has 4 nitrogen and oxygen atoms in total. The van der Waals surface area contributed by atoms with Gasteiger partial charge >= 0.3 is 6.03 Å². The van der Waals surface area contributed by atoms with Crippen molar-refractivity contribution in [3.8, 4) is 0 Å². The van der Waals surface area contributed by atoms with Crippen molar-refractivity contribution in [2.24, 2.45) is 0 Å². The molecule has 3 aromatic rings. The number of imide groups is 1. The Kier molecular flexibility index (Phi) is 3.31. The largest absolute Gasteiger partial charge is 0.336 e. The van der Waals surface area contributed by atoms with Gasteiger partial charge in [-0.25, -0.2) is 9.69 Å². The Morgan fingerprint density at radius 1 is 0.792 bits per heavy atom. The second-order valence-corrected chi connectivity index (χ2v) is 5.84. The predicted octanol–water partition coefficient (Wildman–Crippen LogP) is 4.20. The lowest BCUT2D eigenvalue weighted by atomic mass is 10.1. The fourth-order valence-corrected chi connectivity index (χ4v) is 3.21. The van der Waals surface area contributed by atoms with E-state index < -0.39 is 6.04 Å². The number of nitrogens with zero attached hydrogens (tertiary/aromatic N) is 2. The van der Waals surface area contributed by atoms with Crippen LogP contribution in [-0.4, -0.2) is 18.0 Å². The molecule has 1 aliphatic rings. The second-order valence-electron chi connectivity index (χ2n) is 5.84. The fraction of sp³-hybridized carbons (Fsp3) is 0.100. The molecule has 1 atom stereocenters. The molecule has 24 heavy (non-hydrogen) atoms. The van der Waals surface area contributed by atoms with Crippen LogP contribution in [0.5, 0.6) is 0 Å². The van der Waals surface area contributed by atoms with Crippen LogP contribution in [-0.2, 0) is 4.79 Å². The minimum atomic E-state index is -0.538. The molecule has 1 saturated heterocycles. The average molecular weight is 316 g/mol. The number of rotatable bonds is 2. The van der Waals surface area contributed by atoms with Gasteiger partial charge in [-0.05, 0) is 30.5 Å². The summed E-state index contributed by atoms with van der Waals surface area (Å²) in [4.78, 5) is 28.5. The van der Waals surface area contributed by atoms with Crippen molar-refractivity contribution in [1.29, 1.82) is 0 Å². The minimum Gasteiger partial charge on any atom is -0.281 e. The summed E-state index contributed by atoms with van der Waals surface area (Å²) in [6.45, 7) is 1.77. The molecule has 1 unspecified atom stereocenters. The second kappa shape index (κ2) is 5.49. The number of carbonyl (C=O) groups excluding carboxylic acids is 2. The van der Waals surface area contributed by atoms with Crippen molar-refractivity contribution in [2.45, 2.75) is 13.0 Å². The minimum absolute atomic E-state index is 0.209. The third kappa shape index (κ3) is 2.07. The van der Waals surface area contributed by atoms with Gasteiger partial charge in [0.15, 0.2) is 0 Å². The molecule has 0 saturated carbocycles. The van der Waals surface area contributed by atoms with Crippen molar-refractivity contribution in [2.75, 3.05) is 9.80 Å². The van der Waals surface area contributed by atoms with Gasteiger partial charge in [0, 0.05) is 5.39 Å². The van der Waals surface area contributed by atoms with Crippen molar-refractivity contribution < 1.29 is 9.59 Å². The van der Waals surface area contributed by atoms with Gasteiger partial charge in [-0.2, -0.15) is 0 Å². The normalized spacial score (nSPS) is 17.8. The van der Waals surface area contributed by atoms with Gasteiger partial charge in [-0.3, -0.25) is 9.69 Å². The van der Waals surface area contributed by atoms with Crippen LogP contribution in [0.4, 0.5) is 16.2 Å². The summed E-state index contributed by atoms with van der Waals surface area (Å²) in [5.41, 5.74) is 1.36. The maximum absolute atomic E-state index is 13.0. The van der Waals surface area contributed by atoms with Crippen LogP contribution in [0.3, 0.4) is 0 Å². The summed E-state index contributed by atoms with van der Waals surface area (Å²) < 4.78 is 0. The number of anilines is 2. The number of hydrogen-bond acceptors (Lipinski definition) is 2. The Bertz CT molecular complexity index is 931. The molecule has 1 aliphatic heterocycles. The van der Waals surface area contributed by atoms with Gasteiger partial charge in [0.25, 0.3) is 5.91 Å². The van der Waals surface area contributed by atoms with Crippen molar-refractivity contribution in [1.82, 2.24) is 0 Å². The van der Waals surface area contributed by atoms with E-state index in [0.717, 1.165) is 16.5 Å². The van der Waals surface area contributed by atoms with E-state index in [4.69, 9.17) is 0 Å². The van der Waals surface area contributed by atoms with Crippen molar-refractivity contribution in [3.05, 3.63) is 72.8 Å². The highest BCUT2D eigenvalue weighted by Crippen LogP contribution is 2.34. The maximum Gasteiger partial charge on any atom is 0.336 e. The molecular formula is C20H16N2O2. The summed E-state index contributed by atoms with van der Waals surface area (Å²) >= 11 is 0. The first kappa shape index (κ1) is 14.5. The molecule has 0 spiro atoms. The third-order valence-corrected chi connectivity index (χ3v) is 4.40. The smallest absolute Gasteiger partial charge is 0.281 e. The monoisotopic (exact) mass is 316 g/mol. The van der Waals surface area contributed by atoms with Crippen LogP contribution >= 0.6 is 0 Å². The van der Waals surface area contributed by atoms with Crippen molar-refractivity contribution in [3.63, 3.8) is 0 Å².